The van der Waals surface area contributed by atoms with Crippen molar-refractivity contribution in [2.75, 3.05) is 20.7 Å². The number of nitrogens with one attached hydrogen (secondary N) is 1. The molecule has 2 nitrogen and oxygen atoms in total. The molecule has 0 aromatic carbocycles. The summed E-state index contributed by atoms with van der Waals surface area (Å²) in [5.74, 6) is 1.11. The Bertz CT molecular complexity index is 194. The van der Waals surface area contributed by atoms with E-state index in [1.807, 2.05) is 7.05 Å². The number of rotatable bonds is 4. The van der Waals surface area contributed by atoms with E-state index >= 15 is 0 Å². The van der Waals surface area contributed by atoms with Crippen molar-refractivity contribution < 1.29 is 4.74 Å². The molecule has 0 spiro atoms. The fourth-order valence-corrected chi connectivity index (χ4v) is 1.36. The molecule has 1 rings (SSSR count). The van der Waals surface area contributed by atoms with Crippen LogP contribution in [-0.2, 0) is 4.74 Å². The molecule has 1 N–H and O–H groups in total. The van der Waals surface area contributed by atoms with Gasteiger partial charge in [0.05, 0.1) is 12.9 Å². The second-order valence-electron chi connectivity index (χ2n) is 3.00. The molecule has 12 heavy (non-hydrogen) atoms. The lowest BCUT2D eigenvalue weighted by Gasteiger charge is -2.13. The summed E-state index contributed by atoms with van der Waals surface area (Å²) in [6.07, 6.45) is 7.60. The van der Waals surface area contributed by atoms with E-state index in [0.717, 1.165) is 31.6 Å². The van der Waals surface area contributed by atoms with Crippen molar-refractivity contribution in [1.29, 1.82) is 0 Å². The van der Waals surface area contributed by atoms with E-state index in [9.17, 15) is 0 Å². The molecule has 2 heteroatoms. The quantitative estimate of drug-likeness (QED) is 0.645. The van der Waals surface area contributed by atoms with Crippen LogP contribution in [0, 0.1) is 0 Å². The van der Waals surface area contributed by atoms with Crippen LogP contribution in [0.15, 0.2) is 23.5 Å². The highest BCUT2D eigenvalue weighted by atomic mass is 16.5. The van der Waals surface area contributed by atoms with Crippen LogP contribution in [0.3, 0.4) is 0 Å². The molecule has 0 saturated heterocycles. The van der Waals surface area contributed by atoms with Crippen LogP contribution in [0.25, 0.3) is 0 Å². The molecule has 0 atom stereocenters. The molecular formula is C10H17NO. The molecule has 0 aromatic rings. The first-order chi connectivity index (χ1) is 5.86. The van der Waals surface area contributed by atoms with Crippen molar-refractivity contribution in [1.82, 2.24) is 5.32 Å². The summed E-state index contributed by atoms with van der Waals surface area (Å²) < 4.78 is 5.20. The summed E-state index contributed by atoms with van der Waals surface area (Å²) in [6, 6.07) is 0. The van der Waals surface area contributed by atoms with Gasteiger partial charge in [0, 0.05) is 6.42 Å². The molecule has 0 aliphatic heterocycles. The summed E-state index contributed by atoms with van der Waals surface area (Å²) in [7, 11) is 3.73. The highest BCUT2D eigenvalue weighted by Crippen LogP contribution is 2.20. The van der Waals surface area contributed by atoms with Gasteiger partial charge in [-0.3, -0.25) is 0 Å². The van der Waals surface area contributed by atoms with Crippen molar-refractivity contribution in [3.05, 3.63) is 23.5 Å². The SMILES string of the molecule is CNCCC1=CCC=C(OC)C1. The van der Waals surface area contributed by atoms with E-state index in [0.29, 0.717) is 0 Å². The first-order valence-electron chi connectivity index (χ1n) is 4.42. The Morgan fingerprint density at radius 2 is 2.33 bits per heavy atom. The zero-order valence-corrected chi connectivity index (χ0v) is 7.89. The molecule has 1 aliphatic rings. The number of hydrogen-bond acceptors (Lipinski definition) is 2. The highest BCUT2D eigenvalue weighted by molar-refractivity contribution is 5.18. The Labute approximate surface area is 74.3 Å². The van der Waals surface area contributed by atoms with Gasteiger partial charge in [0.1, 0.15) is 0 Å². The summed E-state index contributed by atoms with van der Waals surface area (Å²) in [6.45, 7) is 1.06. The van der Waals surface area contributed by atoms with Crippen molar-refractivity contribution in [2.45, 2.75) is 19.3 Å². The van der Waals surface area contributed by atoms with Gasteiger partial charge in [-0.05, 0) is 32.5 Å². The molecule has 0 bridgehead atoms. The van der Waals surface area contributed by atoms with Gasteiger partial charge in [0.2, 0.25) is 0 Å². The van der Waals surface area contributed by atoms with Crippen molar-refractivity contribution in [3.63, 3.8) is 0 Å². The molecule has 0 heterocycles. The first kappa shape index (κ1) is 9.33. The largest absolute Gasteiger partial charge is 0.501 e. The third kappa shape index (κ3) is 2.70. The molecule has 68 valence electrons. The van der Waals surface area contributed by atoms with E-state index in [1.165, 1.54) is 5.57 Å². The fourth-order valence-electron chi connectivity index (χ4n) is 1.36. The number of methoxy groups -OCH3 is 1. The highest BCUT2D eigenvalue weighted by Gasteiger charge is 2.05. The smallest absolute Gasteiger partial charge is 0.0959 e. The Hall–Kier alpha value is -0.760. The monoisotopic (exact) mass is 167 g/mol. The van der Waals surface area contributed by atoms with E-state index < -0.39 is 0 Å². The normalized spacial score (nSPS) is 16.8. The van der Waals surface area contributed by atoms with Gasteiger partial charge in [-0.2, -0.15) is 0 Å². The molecule has 1 aliphatic carbocycles. The summed E-state index contributed by atoms with van der Waals surface area (Å²) >= 11 is 0. The van der Waals surface area contributed by atoms with E-state index in [1.54, 1.807) is 7.11 Å². The minimum atomic E-state index is 0.998. The van der Waals surface area contributed by atoms with Crippen molar-refractivity contribution >= 4 is 0 Å². The van der Waals surface area contributed by atoms with Crippen LogP contribution in [0.5, 0.6) is 0 Å². The van der Waals surface area contributed by atoms with Crippen LogP contribution in [0.4, 0.5) is 0 Å². The molecule has 0 fully saturated rings. The van der Waals surface area contributed by atoms with Crippen LogP contribution in [0.2, 0.25) is 0 Å². The lowest BCUT2D eigenvalue weighted by molar-refractivity contribution is 0.279. The molecule has 0 saturated carbocycles. The second kappa shape index (κ2) is 4.99. The topological polar surface area (TPSA) is 21.3 Å². The lowest BCUT2D eigenvalue weighted by atomic mass is 10.0. The molecular weight excluding hydrogens is 150 g/mol. The summed E-state index contributed by atoms with van der Waals surface area (Å²) in [5, 5.41) is 3.15. The van der Waals surface area contributed by atoms with Crippen LogP contribution >= 0.6 is 0 Å². The maximum atomic E-state index is 5.20. The predicted molar refractivity (Wildman–Crippen MR) is 51.0 cm³/mol. The van der Waals surface area contributed by atoms with Gasteiger partial charge in [-0.1, -0.05) is 11.6 Å². The molecule has 0 aromatic heterocycles. The van der Waals surface area contributed by atoms with Gasteiger partial charge >= 0.3 is 0 Å². The Kier molecular flexibility index (Phi) is 3.88. The Morgan fingerprint density at radius 1 is 1.50 bits per heavy atom. The van der Waals surface area contributed by atoms with Crippen molar-refractivity contribution in [2.24, 2.45) is 0 Å². The van der Waals surface area contributed by atoms with Crippen LogP contribution < -0.4 is 5.32 Å². The Morgan fingerprint density at radius 3 is 3.00 bits per heavy atom. The maximum Gasteiger partial charge on any atom is 0.0959 e. The van der Waals surface area contributed by atoms with E-state index in [-0.39, 0.29) is 0 Å². The summed E-state index contributed by atoms with van der Waals surface area (Å²) in [4.78, 5) is 0. The zero-order chi connectivity index (χ0) is 8.81. The zero-order valence-electron chi connectivity index (χ0n) is 7.89. The third-order valence-electron chi connectivity index (χ3n) is 2.11. The average molecular weight is 167 g/mol. The van der Waals surface area contributed by atoms with Gasteiger partial charge in [-0.15, -0.1) is 0 Å². The minimum Gasteiger partial charge on any atom is -0.501 e. The molecule has 0 amide bonds. The van der Waals surface area contributed by atoms with Gasteiger partial charge in [0.25, 0.3) is 0 Å². The molecule has 0 unspecified atom stereocenters. The van der Waals surface area contributed by atoms with Crippen LogP contribution in [0.1, 0.15) is 19.3 Å². The standard InChI is InChI=1S/C10H17NO/c1-11-7-6-9-4-3-5-10(8-9)12-2/h4-5,11H,3,6-8H2,1-2H3. The van der Waals surface area contributed by atoms with E-state index in [2.05, 4.69) is 17.5 Å². The average Bonchev–Trinajstić information content (AvgIpc) is 2.15. The minimum absolute atomic E-state index is 0.998. The van der Waals surface area contributed by atoms with Gasteiger partial charge < -0.3 is 10.1 Å². The van der Waals surface area contributed by atoms with Gasteiger partial charge in [0.15, 0.2) is 0 Å². The molecule has 0 radical (unpaired) electrons. The summed E-state index contributed by atoms with van der Waals surface area (Å²) in [5.41, 5.74) is 1.49. The second-order valence-corrected chi connectivity index (χ2v) is 3.00. The van der Waals surface area contributed by atoms with Crippen molar-refractivity contribution in [3.8, 4) is 0 Å². The number of ether oxygens (including phenoxy) is 1. The number of allylic oxidation sites excluding steroid dienone is 3. The number of hydrogen-bond donors (Lipinski definition) is 1. The van der Waals surface area contributed by atoms with Crippen LogP contribution in [-0.4, -0.2) is 20.7 Å². The third-order valence-corrected chi connectivity index (χ3v) is 2.11. The maximum absolute atomic E-state index is 5.20. The van der Waals surface area contributed by atoms with E-state index in [4.69, 9.17) is 4.74 Å². The first-order valence-corrected chi connectivity index (χ1v) is 4.42. The van der Waals surface area contributed by atoms with Gasteiger partial charge in [-0.25, -0.2) is 0 Å². The lowest BCUT2D eigenvalue weighted by Crippen LogP contribution is -2.09. The Balaban J connectivity index is 2.33. The predicted octanol–water partition coefficient (Wildman–Crippen LogP) is 1.85. The fraction of sp³-hybridized carbons (Fsp3) is 0.600.